The van der Waals surface area contributed by atoms with Crippen LogP contribution in [-0.4, -0.2) is 45.3 Å². The van der Waals surface area contributed by atoms with Gasteiger partial charge in [-0.2, -0.15) is 0 Å². The van der Waals surface area contributed by atoms with Crippen molar-refractivity contribution in [1.82, 2.24) is 10.2 Å². The fourth-order valence-electron chi connectivity index (χ4n) is 2.41. The minimum atomic E-state index is 0.359. The van der Waals surface area contributed by atoms with Crippen molar-refractivity contribution in [1.29, 1.82) is 0 Å². The van der Waals surface area contributed by atoms with Crippen LogP contribution in [0.5, 0.6) is 11.5 Å². The molecular formula is C14H21BrN2O2. The average Bonchev–Trinajstić information content (AvgIpc) is 2.47. The Kier molecular flexibility index (Phi) is 5.07. The van der Waals surface area contributed by atoms with Crippen LogP contribution in [0.2, 0.25) is 0 Å². The summed E-state index contributed by atoms with van der Waals surface area (Å²) in [5.41, 5.74) is 1.22. The molecule has 106 valence electrons. The maximum atomic E-state index is 5.41. The molecule has 0 unspecified atom stereocenters. The van der Waals surface area contributed by atoms with Crippen LogP contribution in [0.15, 0.2) is 16.6 Å². The van der Waals surface area contributed by atoms with Crippen LogP contribution in [0.1, 0.15) is 18.5 Å². The van der Waals surface area contributed by atoms with Crippen LogP contribution in [0, 0.1) is 0 Å². The second-order valence-corrected chi connectivity index (χ2v) is 5.49. The molecule has 1 atom stereocenters. The van der Waals surface area contributed by atoms with E-state index in [2.05, 4.69) is 45.2 Å². The van der Waals surface area contributed by atoms with Crippen LogP contribution in [0.4, 0.5) is 0 Å². The molecule has 0 saturated carbocycles. The van der Waals surface area contributed by atoms with Crippen LogP contribution in [0.25, 0.3) is 0 Å². The van der Waals surface area contributed by atoms with E-state index in [-0.39, 0.29) is 0 Å². The predicted octanol–water partition coefficient (Wildman–Crippen LogP) is 2.43. The highest BCUT2D eigenvalue weighted by atomic mass is 79.9. The molecule has 0 bridgehead atoms. The Labute approximate surface area is 123 Å². The van der Waals surface area contributed by atoms with Crippen LogP contribution < -0.4 is 14.8 Å². The lowest BCUT2D eigenvalue weighted by atomic mass is 10.1. The van der Waals surface area contributed by atoms with Gasteiger partial charge in [0.2, 0.25) is 0 Å². The Morgan fingerprint density at radius 2 is 1.68 bits per heavy atom. The summed E-state index contributed by atoms with van der Waals surface area (Å²) in [4.78, 5) is 2.47. The number of ether oxygens (including phenoxy) is 2. The molecule has 0 aliphatic carbocycles. The molecule has 1 N–H and O–H groups in total. The summed E-state index contributed by atoms with van der Waals surface area (Å²) in [5.74, 6) is 1.63. The molecule has 2 rings (SSSR count). The maximum Gasteiger partial charge on any atom is 0.137 e. The highest BCUT2D eigenvalue weighted by Gasteiger charge is 2.20. The molecule has 0 aromatic heterocycles. The van der Waals surface area contributed by atoms with Crippen LogP contribution >= 0.6 is 15.9 Å². The van der Waals surface area contributed by atoms with Gasteiger partial charge in [-0.1, -0.05) is 0 Å². The monoisotopic (exact) mass is 328 g/mol. The van der Waals surface area contributed by atoms with E-state index < -0.39 is 0 Å². The van der Waals surface area contributed by atoms with E-state index in [1.807, 2.05) is 0 Å². The van der Waals surface area contributed by atoms with Crippen molar-refractivity contribution < 1.29 is 9.47 Å². The molecular weight excluding hydrogens is 308 g/mol. The maximum absolute atomic E-state index is 5.41. The third-order valence-corrected chi connectivity index (χ3v) is 4.43. The number of nitrogens with one attached hydrogen (secondary N) is 1. The van der Waals surface area contributed by atoms with Gasteiger partial charge in [0.25, 0.3) is 0 Å². The van der Waals surface area contributed by atoms with Crippen molar-refractivity contribution in [3.63, 3.8) is 0 Å². The fourth-order valence-corrected chi connectivity index (χ4v) is 2.96. The van der Waals surface area contributed by atoms with Gasteiger partial charge in [0.05, 0.1) is 14.2 Å². The SMILES string of the molecule is COc1cc([C@H](C)N2CCNCC2)cc(OC)c1Br. The lowest BCUT2D eigenvalue weighted by molar-refractivity contribution is 0.185. The van der Waals surface area contributed by atoms with E-state index >= 15 is 0 Å². The van der Waals surface area contributed by atoms with Crippen molar-refractivity contribution in [3.8, 4) is 11.5 Å². The minimum absolute atomic E-state index is 0.359. The Morgan fingerprint density at radius 3 is 2.16 bits per heavy atom. The van der Waals surface area contributed by atoms with E-state index in [1.165, 1.54) is 5.56 Å². The molecule has 1 aliphatic rings. The quantitative estimate of drug-likeness (QED) is 0.920. The second kappa shape index (κ2) is 6.59. The van der Waals surface area contributed by atoms with Gasteiger partial charge >= 0.3 is 0 Å². The molecule has 4 nitrogen and oxygen atoms in total. The number of nitrogens with zero attached hydrogens (tertiary/aromatic N) is 1. The number of piperazine rings is 1. The normalized spacial score (nSPS) is 18.1. The van der Waals surface area contributed by atoms with E-state index in [9.17, 15) is 0 Å². The van der Waals surface area contributed by atoms with Gasteiger partial charge in [-0.25, -0.2) is 0 Å². The van der Waals surface area contributed by atoms with Crippen LogP contribution in [0.3, 0.4) is 0 Å². The fraction of sp³-hybridized carbons (Fsp3) is 0.571. The van der Waals surface area contributed by atoms with E-state index in [0.717, 1.165) is 42.2 Å². The number of halogens is 1. The Morgan fingerprint density at radius 1 is 1.16 bits per heavy atom. The molecule has 1 aromatic carbocycles. The minimum Gasteiger partial charge on any atom is -0.495 e. The number of rotatable bonds is 4. The summed E-state index contributed by atoms with van der Waals surface area (Å²) in [7, 11) is 3.36. The topological polar surface area (TPSA) is 33.7 Å². The third-order valence-electron chi connectivity index (χ3n) is 3.65. The molecule has 0 spiro atoms. The summed E-state index contributed by atoms with van der Waals surface area (Å²) in [6.07, 6.45) is 0. The third kappa shape index (κ3) is 3.22. The van der Waals surface area contributed by atoms with E-state index in [0.29, 0.717) is 6.04 Å². The smallest absolute Gasteiger partial charge is 0.137 e. The van der Waals surface area contributed by atoms with Crippen molar-refractivity contribution in [3.05, 3.63) is 22.2 Å². The molecule has 1 fully saturated rings. The number of hydrogen-bond donors (Lipinski definition) is 1. The first-order valence-electron chi connectivity index (χ1n) is 6.53. The van der Waals surface area contributed by atoms with Gasteiger partial charge in [0.1, 0.15) is 16.0 Å². The predicted molar refractivity (Wildman–Crippen MR) is 80.1 cm³/mol. The van der Waals surface area contributed by atoms with Gasteiger partial charge < -0.3 is 14.8 Å². The Bertz CT molecular complexity index is 408. The Balaban J connectivity index is 2.27. The standard InChI is InChI=1S/C14H21BrN2O2/c1-10(17-6-4-16-5-7-17)11-8-12(18-2)14(15)13(9-11)19-3/h8-10,16H,4-7H2,1-3H3/t10-/m0/s1. The molecule has 0 amide bonds. The molecule has 1 saturated heterocycles. The average molecular weight is 329 g/mol. The van der Waals surface area contributed by atoms with Crippen LogP contribution in [-0.2, 0) is 0 Å². The number of hydrogen-bond acceptors (Lipinski definition) is 4. The zero-order chi connectivity index (χ0) is 13.8. The molecule has 19 heavy (non-hydrogen) atoms. The van der Waals surface area contributed by atoms with Gasteiger partial charge in [0, 0.05) is 32.2 Å². The first kappa shape index (κ1) is 14.6. The zero-order valence-corrected chi connectivity index (χ0v) is 13.3. The highest BCUT2D eigenvalue weighted by Crippen LogP contribution is 2.38. The van der Waals surface area contributed by atoms with E-state index in [4.69, 9.17) is 9.47 Å². The molecule has 5 heteroatoms. The van der Waals surface area contributed by atoms with Gasteiger partial charge in [-0.3, -0.25) is 4.90 Å². The first-order chi connectivity index (χ1) is 9.17. The van der Waals surface area contributed by atoms with Crippen molar-refractivity contribution in [2.75, 3.05) is 40.4 Å². The second-order valence-electron chi connectivity index (χ2n) is 4.70. The van der Waals surface area contributed by atoms with Gasteiger partial charge in [-0.15, -0.1) is 0 Å². The highest BCUT2D eigenvalue weighted by molar-refractivity contribution is 9.10. The van der Waals surface area contributed by atoms with E-state index in [1.54, 1.807) is 14.2 Å². The number of benzene rings is 1. The van der Waals surface area contributed by atoms with Gasteiger partial charge in [-0.05, 0) is 40.5 Å². The molecule has 0 radical (unpaired) electrons. The van der Waals surface area contributed by atoms with Crippen molar-refractivity contribution >= 4 is 15.9 Å². The van der Waals surface area contributed by atoms with Crippen molar-refractivity contribution in [2.24, 2.45) is 0 Å². The summed E-state index contributed by atoms with van der Waals surface area (Å²) in [6.45, 7) is 6.47. The van der Waals surface area contributed by atoms with Crippen molar-refractivity contribution in [2.45, 2.75) is 13.0 Å². The molecule has 1 aliphatic heterocycles. The summed E-state index contributed by atoms with van der Waals surface area (Å²) < 4.78 is 11.7. The lowest BCUT2D eigenvalue weighted by Crippen LogP contribution is -2.44. The first-order valence-corrected chi connectivity index (χ1v) is 7.33. The number of methoxy groups -OCH3 is 2. The zero-order valence-electron chi connectivity index (χ0n) is 11.7. The summed E-state index contributed by atoms with van der Waals surface area (Å²) in [5, 5.41) is 3.38. The summed E-state index contributed by atoms with van der Waals surface area (Å²) in [6, 6.07) is 4.52. The lowest BCUT2D eigenvalue weighted by Gasteiger charge is -2.33. The molecule has 1 heterocycles. The Hall–Kier alpha value is -0.780. The molecule has 1 aromatic rings. The largest absolute Gasteiger partial charge is 0.495 e. The summed E-state index contributed by atoms with van der Waals surface area (Å²) >= 11 is 3.51. The van der Waals surface area contributed by atoms with Gasteiger partial charge in [0.15, 0.2) is 0 Å².